The molecule has 1 aliphatic rings. The van der Waals surface area contributed by atoms with Crippen LogP contribution in [-0.4, -0.2) is 25.7 Å². The summed E-state index contributed by atoms with van der Waals surface area (Å²) in [5, 5.41) is 7.02. The largest absolute Gasteiger partial charge is 0.459 e. The molecule has 3 aromatic rings. The number of carbonyl (C=O) groups excluding carboxylic acids is 1. The van der Waals surface area contributed by atoms with Crippen LogP contribution in [0.3, 0.4) is 0 Å². The number of nitrogens with zero attached hydrogens (tertiary/aromatic N) is 4. The van der Waals surface area contributed by atoms with Gasteiger partial charge in [0.2, 0.25) is 0 Å². The number of pyridine rings is 1. The normalized spacial score (nSPS) is 16.4. The fourth-order valence-corrected chi connectivity index (χ4v) is 3.87. The second-order valence-electron chi connectivity index (χ2n) is 6.15. The van der Waals surface area contributed by atoms with Crippen molar-refractivity contribution in [1.29, 1.82) is 0 Å². The van der Waals surface area contributed by atoms with E-state index in [1.165, 1.54) is 16.9 Å². The zero-order chi connectivity index (χ0) is 17.2. The smallest absolute Gasteiger partial charge is 0.309 e. The maximum absolute atomic E-state index is 12.4. The molecule has 1 atom stereocenters. The lowest BCUT2D eigenvalue weighted by Gasteiger charge is -2.21. The summed E-state index contributed by atoms with van der Waals surface area (Å²) in [6, 6.07) is 5.72. The van der Waals surface area contributed by atoms with Crippen LogP contribution in [0.2, 0.25) is 0 Å². The molecule has 0 saturated heterocycles. The summed E-state index contributed by atoms with van der Waals surface area (Å²) in [5.74, 6) is -0.254. The minimum Gasteiger partial charge on any atom is -0.459 e. The number of thiazole rings is 1. The molecule has 0 spiro atoms. The molecule has 0 saturated carbocycles. The van der Waals surface area contributed by atoms with Crippen LogP contribution in [0.4, 0.5) is 0 Å². The van der Waals surface area contributed by atoms with Crippen molar-refractivity contribution in [3.05, 3.63) is 52.9 Å². The van der Waals surface area contributed by atoms with Gasteiger partial charge in [-0.05, 0) is 30.5 Å². The second kappa shape index (κ2) is 6.76. The molecular formula is C18H18N4O2S. The first-order chi connectivity index (χ1) is 12.2. The lowest BCUT2D eigenvalue weighted by molar-refractivity contribution is -0.150. The number of ether oxygens (including phenoxy) is 1. The Labute approximate surface area is 149 Å². The highest BCUT2D eigenvalue weighted by molar-refractivity contribution is 7.13. The van der Waals surface area contributed by atoms with Crippen molar-refractivity contribution in [2.24, 2.45) is 13.0 Å². The van der Waals surface area contributed by atoms with Gasteiger partial charge in [0.15, 0.2) is 0 Å². The molecule has 0 radical (unpaired) electrons. The fourth-order valence-electron chi connectivity index (χ4n) is 3.09. The Hall–Kier alpha value is -2.54. The van der Waals surface area contributed by atoms with E-state index in [1.807, 2.05) is 41.5 Å². The quantitative estimate of drug-likeness (QED) is 0.674. The molecule has 3 heterocycles. The maximum atomic E-state index is 12.4. The van der Waals surface area contributed by atoms with Gasteiger partial charge in [-0.1, -0.05) is 6.07 Å². The van der Waals surface area contributed by atoms with Crippen LogP contribution in [-0.2, 0) is 36.0 Å². The zero-order valence-corrected chi connectivity index (χ0v) is 14.7. The molecule has 128 valence electrons. The summed E-state index contributed by atoms with van der Waals surface area (Å²) in [6.45, 7) is 0.205. The van der Waals surface area contributed by atoms with Gasteiger partial charge in [0.1, 0.15) is 11.6 Å². The van der Waals surface area contributed by atoms with Gasteiger partial charge in [-0.3, -0.25) is 14.5 Å². The van der Waals surface area contributed by atoms with Crippen LogP contribution < -0.4 is 0 Å². The zero-order valence-electron chi connectivity index (χ0n) is 13.9. The predicted octanol–water partition coefficient (Wildman–Crippen LogP) is 2.79. The van der Waals surface area contributed by atoms with Gasteiger partial charge in [-0.15, -0.1) is 11.3 Å². The molecule has 0 bridgehead atoms. The highest BCUT2D eigenvalue weighted by Gasteiger charge is 2.28. The minimum atomic E-state index is -0.153. The summed E-state index contributed by atoms with van der Waals surface area (Å²) in [5.41, 5.74) is 3.97. The molecule has 0 fully saturated rings. The van der Waals surface area contributed by atoms with E-state index < -0.39 is 0 Å². The van der Waals surface area contributed by atoms with Crippen LogP contribution in [0.1, 0.15) is 23.4 Å². The van der Waals surface area contributed by atoms with Crippen molar-refractivity contribution in [1.82, 2.24) is 19.7 Å². The lowest BCUT2D eigenvalue weighted by atomic mass is 9.88. The average Bonchev–Trinajstić information content (AvgIpc) is 3.27. The molecule has 1 unspecified atom stereocenters. The van der Waals surface area contributed by atoms with E-state index in [-0.39, 0.29) is 18.5 Å². The van der Waals surface area contributed by atoms with Crippen molar-refractivity contribution in [3.63, 3.8) is 0 Å². The molecule has 0 N–H and O–H groups in total. The fraction of sp³-hybridized carbons (Fsp3) is 0.333. The third-order valence-corrected chi connectivity index (χ3v) is 5.39. The van der Waals surface area contributed by atoms with Crippen molar-refractivity contribution in [2.75, 3.05) is 0 Å². The first kappa shape index (κ1) is 16.0. The van der Waals surface area contributed by atoms with Gasteiger partial charge in [0.25, 0.3) is 0 Å². The van der Waals surface area contributed by atoms with Crippen LogP contribution >= 0.6 is 11.3 Å². The van der Waals surface area contributed by atoms with E-state index >= 15 is 0 Å². The first-order valence-corrected chi connectivity index (χ1v) is 9.11. The third kappa shape index (κ3) is 3.32. The van der Waals surface area contributed by atoms with Crippen molar-refractivity contribution < 1.29 is 9.53 Å². The highest BCUT2D eigenvalue weighted by atomic mass is 32.1. The van der Waals surface area contributed by atoms with E-state index in [2.05, 4.69) is 15.1 Å². The standard InChI is InChI=1S/C18H18N4O2S/c1-22-16-8-12(5-6-13(16)9-20-22)18(23)24-10-14-11-25-17(21-14)15-4-2-3-7-19-15/h2-4,7,9,11-12H,5-6,8,10H2,1H3. The number of aryl methyl sites for hydroxylation is 2. The van der Waals surface area contributed by atoms with Crippen LogP contribution in [0, 0.1) is 5.92 Å². The van der Waals surface area contributed by atoms with Crippen LogP contribution in [0.25, 0.3) is 10.7 Å². The monoisotopic (exact) mass is 354 g/mol. The van der Waals surface area contributed by atoms with Gasteiger partial charge in [-0.2, -0.15) is 5.10 Å². The van der Waals surface area contributed by atoms with Gasteiger partial charge in [0, 0.05) is 30.7 Å². The summed E-state index contributed by atoms with van der Waals surface area (Å²) in [4.78, 5) is 21.2. The Morgan fingerprint density at radius 1 is 1.44 bits per heavy atom. The summed E-state index contributed by atoms with van der Waals surface area (Å²) in [7, 11) is 1.92. The maximum Gasteiger partial charge on any atom is 0.309 e. The van der Waals surface area contributed by atoms with E-state index in [4.69, 9.17) is 4.74 Å². The second-order valence-corrected chi connectivity index (χ2v) is 7.00. The van der Waals surface area contributed by atoms with Crippen molar-refractivity contribution in [2.45, 2.75) is 25.9 Å². The number of hydrogen-bond acceptors (Lipinski definition) is 6. The molecular weight excluding hydrogens is 336 g/mol. The number of esters is 1. The SMILES string of the molecule is Cn1ncc2c1CC(C(=O)OCc1csc(-c3ccccn3)n1)CC2. The summed E-state index contributed by atoms with van der Waals surface area (Å²) >= 11 is 1.51. The van der Waals surface area contributed by atoms with Gasteiger partial charge in [0.05, 0.1) is 23.5 Å². The number of rotatable bonds is 4. The average molecular weight is 354 g/mol. The van der Waals surface area contributed by atoms with Crippen LogP contribution in [0.5, 0.6) is 0 Å². The summed E-state index contributed by atoms with van der Waals surface area (Å²) < 4.78 is 7.36. The van der Waals surface area contributed by atoms with Crippen LogP contribution in [0.15, 0.2) is 36.0 Å². The van der Waals surface area contributed by atoms with Gasteiger partial charge < -0.3 is 4.74 Å². The third-order valence-electron chi connectivity index (χ3n) is 4.48. The van der Waals surface area contributed by atoms with E-state index in [1.54, 1.807) is 6.20 Å². The molecule has 0 amide bonds. The van der Waals surface area contributed by atoms with Crippen molar-refractivity contribution in [3.8, 4) is 10.7 Å². The summed E-state index contributed by atoms with van der Waals surface area (Å²) in [6.07, 6.45) is 6.02. The topological polar surface area (TPSA) is 69.9 Å². The Kier molecular flexibility index (Phi) is 4.31. The number of aromatic nitrogens is 4. The molecule has 3 aromatic heterocycles. The highest BCUT2D eigenvalue weighted by Crippen LogP contribution is 2.26. The number of carbonyl (C=O) groups is 1. The van der Waals surface area contributed by atoms with Crippen molar-refractivity contribution >= 4 is 17.3 Å². The number of fused-ring (bicyclic) bond motifs is 1. The molecule has 0 aromatic carbocycles. The minimum absolute atomic E-state index is 0.100. The van der Waals surface area contributed by atoms with E-state index in [0.717, 1.165) is 34.9 Å². The Morgan fingerprint density at radius 3 is 3.20 bits per heavy atom. The lowest BCUT2D eigenvalue weighted by Crippen LogP contribution is -2.25. The predicted molar refractivity (Wildman–Crippen MR) is 93.9 cm³/mol. The number of hydrogen-bond donors (Lipinski definition) is 0. The van der Waals surface area contributed by atoms with Gasteiger partial charge in [-0.25, -0.2) is 4.98 Å². The molecule has 6 nitrogen and oxygen atoms in total. The molecule has 4 rings (SSSR count). The Balaban J connectivity index is 1.37. The van der Waals surface area contributed by atoms with Gasteiger partial charge >= 0.3 is 5.97 Å². The molecule has 1 aliphatic carbocycles. The molecule has 25 heavy (non-hydrogen) atoms. The Bertz CT molecular complexity index is 888. The van der Waals surface area contributed by atoms with E-state index in [9.17, 15) is 4.79 Å². The molecule has 0 aliphatic heterocycles. The van der Waals surface area contributed by atoms with E-state index in [0.29, 0.717) is 6.42 Å². The first-order valence-electron chi connectivity index (χ1n) is 8.23. The Morgan fingerprint density at radius 2 is 2.36 bits per heavy atom. The molecule has 7 heteroatoms.